The molecule has 86 valence electrons. The summed E-state index contributed by atoms with van der Waals surface area (Å²) >= 11 is 10.1. The smallest absolute Gasteiger partial charge is 0.377 e. The molecule has 0 fully saturated rings. The summed E-state index contributed by atoms with van der Waals surface area (Å²) in [6.45, 7) is 0. The van der Waals surface area contributed by atoms with Crippen LogP contribution in [0.4, 0.5) is 0 Å². The highest BCUT2D eigenvalue weighted by atomic mass is 35.5. The SMILES string of the molecule is CO[Si](CC(S)CCCCl)(OC)OC. The second-order valence-electron chi connectivity index (χ2n) is 2.98. The summed E-state index contributed by atoms with van der Waals surface area (Å²) in [5.41, 5.74) is 0. The molecule has 0 radical (unpaired) electrons. The van der Waals surface area contributed by atoms with Gasteiger partial charge in [-0.25, -0.2) is 0 Å². The molecule has 0 saturated heterocycles. The summed E-state index contributed by atoms with van der Waals surface area (Å²) in [4.78, 5) is 0. The van der Waals surface area contributed by atoms with Crippen LogP contribution in [0.25, 0.3) is 0 Å². The number of hydrogen-bond acceptors (Lipinski definition) is 4. The molecule has 1 atom stereocenters. The summed E-state index contributed by atoms with van der Waals surface area (Å²) in [7, 11) is 2.39. The predicted octanol–water partition coefficient (Wildman–Crippen LogP) is 2.18. The van der Waals surface area contributed by atoms with Crippen LogP contribution in [0.2, 0.25) is 6.04 Å². The van der Waals surface area contributed by atoms with Crippen molar-refractivity contribution in [1.82, 2.24) is 0 Å². The average molecular weight is 259 g/mol. The second-order valence-corrected chi connectivity index (χ2v) is 7.09. The van der Waals surface area contributed by atoms with Crippen molar-refractivity contribution in [2.24, 2.45) is 0 Å². The van der Waals surface area contributed by atoms with Gasteiger partial charge in [0.25, 0.3) is 0 Å². The maximum Gasteiger partial charge on any atom is 0.501 e. The lowest BCUT2D eigenvalue weighted by Crippen LogP contribution is -2.44. The molecule has 14 heavy (non-hydrogen) atoms. The van der Waals surface area contributed by atoms with Gasteiger partial charge in [-0.05, 0) is 12.8 Å². The summed E-state index contributed by atoms with van der Waals surface area (Å²) in [6, 6.07) is 0.719. The molecule has 0 aliphatic carbocycles. The highest BCUT2D eigenvalue weighted by molar-refractivity contribution is 7.81. The molecular formula is C8H19ClO3SSi. The molecule has 0 saturated carbocycles. The Hall–Kier alpha value is 0.737. The van der Waals surface area contributed by atoms with Crippen molar-refractivity contribution in [2.45, 2.75) is 24.1 Å². The van der Waals surface area contributed by atoms with Crippen LogP contribution in [0, 0.1) is 0 Å². The summed E-state index contributed by atoms with van der Waals surface area (Å²) in [6.07, 6.45) is 1.91. The monoisotopic (exact) mass is 258 g/mol. The zero-order valence-electron chi connectivity index (χ0n) is 8.96. The van der Waals surface area contributed by atoms with Crippen LogP contribution in [-0.4, -0.2) is 41.3 Å². The van der Waals surface area contributed by atoms with Crippen LogP contribution >= 0.6 is 24.2 Å². The van der Waals surface area contributed by atoms with Gasteiger partial charge in [0.2, 0.25) is 0 Å². The molecule has 6 heteroatoms. The van der Waals surface area contributed by atoms with E-state index in [1.165, 1.54) is 0 Å². The van der Waals surface area contributed by atoms with Gasteiger partial charge in [-0.3, -0.25) is 0 Å². The number of thiol groups is 1. The Morgan fingerprint density at radius 2 is 1.71 bits per heavy atom. The van der Waals surface area contributed by atoms with Gasteiger partial charge in [-0.1, -0.05) is 0 Å². The Labute approximate surface area is 97.8 Å². The molecular weight excluding hydrogens is 240 g/mol. The summed E-state index contributed by atoms with van der Waals surface area (Å²) in [5, 5.41) is 0.222. The lowest BCUT2D eigenvalue weighted by molar-refractivity contribution is 0.123. The quantitative estimate of drug-likeness (QED) is 0.411. The first kappa shape index (κ1) is 14.7. The average Bonchev–Trinajstić information content (AvgIpc) is 2.23. The molecule has 1 unspecified atom stereocenters. The summed E-state index contributed by atoms with van der Waals surface area (Å²) in [5.74, 6) is 0.665. The van der Waals surface area contributed by atoms with Crippen LogP contribution in [0.3, 0.4) is 0 Å². The minimum atomic E-state index is -2.45. The van der Waals surface area contributed by atoms with Crippen LogP contribution in [0.15, 0.2) is 0 Å². The van der Waals surface area contributed by atoms with E-state index in [2.05, 4.69) is 12.6 Å². The normalized spacial score (nSPS) is 14.4. The van der Waals surface area contributed by atoms with Crippen molar-refractivity contribution in [1.29, 1.82) is 0 Å². The number of hydrogen-bond donors (Lipinski definition) is 1. The molecule has 0 aliphatic heterocycles. The third kappa shape index (κ3) is 5.00. The minimum absolute atomic E-state index is 0.222. The molecule has 0 aliphatic rings. The fraction of sp³-hybridized carbons (Fsp3) is 1.00. The highest BCUT2D eigenvalue weighted by Crippen LogP contribution is 2.21. The van der Waals surface area contributed by atoms with Gasteiger partial charge in [0.05, 0.1) is 0 Å². The third-order valence-corrected chi connectivity index (χ3v) is 6.00. The lowest BCUT2D eigenvalue weighted by Gasteiger charge is -2.26. The zero-order chi connectivity index (χ0) is 11.0. The molecule has 0 rings (SSSR count). The lowest BCUT2D eigenvalue weighted by atomic mass is 10.3. The standard InChI is InChI=1S/C8H19ClO3SSi/c1-10-14(11-2,12-3)7-8(13)5-4-6-9/h8,13H,4-7H2,1-3H3. The van der Waals surface area contributed by atoms with E-state index in [0.29, 0.717) is 5.88 Å². The van der Waals surface area contributed by atoms with Gasteiger partial charge in [0.15, 0.2) is 0 Å². The van der Waals surface area contributed by atoms with E-state index in [9.17, 15) is 0 Å². The molecule has 0 amide bonds. The molecule has 0 N–H and O–H groups in total. The van der Waals surface area contributed by atoms with Crippen molar-refractivity contribution < 1.29 is 13.3 Å². The van der Waals surface area contributed by atoms with Crippen LogP contribution < -0.4 is 0 Å². The van der Waals surface area contributed by atoms with E-state index >= 15 is 0 Å². The molecule has 3 nitrogen and oxygen atoms in total. The third-order valence-electron chi connectivity index (χ3n) is 2.09. The first-order valence-electron chi connectivity index (χ1n) is 4.53. The van der Waals surface area contributed by atoms with Gasteiger partial charge in [0.1, 0.15) is 0 Å². The van der Waals surface area contributed by atoms with Gasteiger partial charge in [-0.2, -0.15) is 12.6 Å². The Balaban J connectivity index is 4.01. The highest BCUT2D eigenvalue weighted by Gasteiger charge is 2.39. The molecule has 0 heterocycles. The first-order chi connectivity index (χ1) is 6.64. The van der Waals surface area contributed by atoms with E-state index in [-0.39, 0.29) is 5.25 Å². The minimum Gasteiger partial charge on any atom is -0.377 e. The van der Waals surface area contributed by atoms with E-state index < -0.39 is 8.80 Å². The topological polar surface area (TPSA) is 27.7 Å². The van der Waals surface area contributed by atoms with Gasteiger partial charge in [-0.15, -0.1) is 11.6 Å². The Kier molecular flexibility index (Phi) is 8.37. The number of rotatable bonds is 8. The molecule has 0 bridgehead atoms. The van der Waals surface area contributed by atoms with Crippen molar-refractivity contribution in [3.8, 4) is 0 Å². The Morgan fingerprint density at radius 3 is 2.07 bits per heavy atom. The zero-order valence-corrected chi connectivity index (χ0v) is 11.6. The Bertz CT molecular complexity index is 138. The van der Waals surface area contributed by atoms with Crippen molar-refractivity contribution in [3.63, 3.8) is 0 Å². The fourth-order valence-electron chi connectivity index (χ4n) is 1.20. The fourth-order valence-corrected chi connectivity index (χ4v) is 3.99. The number of alkyl halides is 1. The van der Waals surface area contributed by atoms with Gasteiger partial charge >= 0.3 is 8.80 Å². The summed E-state index contributed by atoms with van der Waals surface area (Å²) < 4.78 is 15.9. The van der Waals surface area contributed by atoms with Crippen LogP contribution in [0.1, 0.15) is 12.8 Å². The van der Waals surface area contributed by atoms with Crippen LogP contribution in [0.5, 0.6) is 0 Å². The van der Waals surface area contributed by atoms with Gasteiger partial charge in [0, 0.05) is 38.5 Å². The molecule has 0 aromatic heterocycles. The van der Waals surface area contributed by atoms with Crippen molar-refractivity contribution in [3.05, 3.63) is 0 Å². The van der Waals surface area contributed by atoms with Crippen LogP contribution in [-0.2, 0) is 13.3 Å². The van der Waals surface area contributed by atoms with Crippen molar-refractivity contribution >= 4 is 33.0 Å². The van der Waals surface area contributed by atoms with E-state index in [4.69, 9.17) is 24.9 Å². The van der Waals surface area contributed by atoms with E-state index in [1.807, 2.05) is 0 Å². The molecule has 0 spiro atoms. The first-order valence-corrected chi connectivity index (χ1v) is 7.52. The Morgan fingerprint density at radius 1 is 1.21 bits per heavy atom. The molecule has 0 aromatic carbocycles. The maximum absolute atomic E-state index is 5.60. The van der Waals surface area contributed by atoms with E-state index in [0.717, 1.165) is 18.9 Å². The van der Waals surface area contributed by atoms with E-state index in [1.54, 1.807) is 21.3 Å². The van der Waals surface area contributed by atoms with Crippen molar-refractivity contribution in [2.75, 3.05) is 27.2 Å². The largest absolute Gasteiger partial charge is 0.501 e. The molecule has 0 aromatic rings. The van der Waals surface area contributed by atoms with Gasteiger partial charge < -0.3 is 13.3 Å². The number of halogens is 1. The maximum atomic E-state index is 5.60. The second kappa shape index (κ2) is 7.96. The predicted molar refractivity (Wildman–Crippen MR) is 64.3 cm³/mol.